The zero-order valence-electron chi connectivity index (χ0n) is 11.7. The molecule has 2 rings (SSSR count). The summed E-state index contributed by atoms with van der Waals surface area (Å²) in [4.78, 5) is 14.2. The van der Waals surface area contributed by atoms with E-state index in [0.717, 1.165) is 17.1 Å². The first-order chi connectivity index (χ1) is 9.02. The van der Waals surface area contributed by atoms with Crippen molar-refractivity contribution in [3.05, 3.63) is 33.6 Å². The summed E-state index contributed by atoms with van der Waals surface area (Å²) in [6.07, 6.45) is 2.66. The molecule has 0 radical (unpaired) electrons. The molecule has 2 aromatic heterocycles. The van der Waals surface area contributed by atoms with E-state index in [-0.39, 0.29) is 11.9 Å². The lowest BCUT2D eigenvalue weighted by Crippen LogP contribution is -2.15. The Morgan fingerprint density at radius 3 is 2.84 bits per heavy atom. The molecule has 2 heterocycles. The van der Waals surface area contributed by atoms with E-state index < -0.39 is 0 Å². The van der Waals surface area contributed by atoms with E-state index >= 15 is 0 Å². The van der Waals surface area contributed by atoms with Crippen LogP contribution < -0.4 is 5.32 Å². The van der Waals surface area contributed by atoms with Gasteiger partial charge in [0.1, 0.15) is 5.82 Å². The summed E-state index contributed by atoms with van der Waals surface area (Å²) >= 11 is 1.54. The fourth-order valence-electron chi connectivity index (χ4n) is 1.99. The molecule has 0 aliphatic heterocycles. The average molecular weight is 277 g/mol. The van der Waals surface area contributed by atoms with Crippen LogP contribution in [-0.2, 0) is 6.42 Å². The highest BCUT2D eigenvalue weighted by Gasteiger charge is 2.14. The number of hydrogen-bond acceptors (Lipinski definition) is 3. The fourth-order valence-corrected chi connectivity index (χ4v) is 2.99. The fraction of sp³-hybridized carbons (Fsp3) is 0.429. The van der Waals surface area contributed by atoms with Crippen LogP contribution in [0.4, 0.5) is 5.82 Å². The minimum Gasteiger partial charge on any atom is -0.306 e. The van der Waals surface area contributed by atoms with E-state index in [1.165, 1.54) is 10.4 Å². The van der Waals surface area contributed by atoms with Gasteiger partial charge in [-0.05, 0) is 38.8 Å². The minimum atomic E-state index is -0.0600. The van der Waals surface area contributed by atoms with Crippen LogP contribution in [0.5, 0.6) is 0 Å². The number of nitrogens with zero attached hydrogens (tertiary/aromatic N) is 2. The Bertz CT molecular complexity index is 583. The van der Waals surface area contributed by atoms with E-state index in [4.69, 9.17) is 0 Å². The summed E-state index contributed by atoms with van der Waals surface area (Å²) in [5.74, 6) is 0.680. The van der Waals surface area contributed by atoms with Gasteiger partial charge in [-0.2, -0.15) is 5.10 Å². The molecule has 4 nitrogen and oxygen atoms in total. The predicted molar refractivity (Wildman–Crippen MR) is 79.0 cm³/mol. The smallest absolute Gasteiger partial charge is 0.266 e. The number of nitrogens with one attached hydrogen (secondary N) is 1. The van der Waals surface area contributed by atoms with E-state index in [1.54, 1.807) is 22.2 Å². The van der Waals surface area contributed by atoms with Crippen LogP contribution in [0, 0.1) is 6.92 Å². The number of aryl methyl sites for hydroxylation is 2. The highest BCUT2D eigenvalue weighted by molar-refractivity contribution is 7.14. The van der Waals surface area contributed by atoms with Gasteiger partial charge in [0.15, 0.2) is 0 Å². The minimum absolute atomic E-state index is 0.0600. The Hall–Kier alpha value is -1.62. The Labute approximate surface area is 117 Å². The van der Waals surface area contributed by atoms with Crippen molar-refractivity contribution in [2.24, 2.45) is 0 Å². The average Bonchev–Trinajstić information content (AvgIpc) is 2.95. The van der Waals surface area contributed by atoms with Crippen LogP contribution in [0.25, 0.3) is 0 Å². The molecule has 0 bridgehead atoms. The van der Waals surface area contributed by atoms with Gasteiger partial charge in [-0.1, -0.05) is 6.92 Å². The highest BCUT2D eigenvalue weighted by Crippen LogP contribution is 2.23. The number of anilines is 1. The van der Waals surface area contributed by atoms with Gasteiger partial charge in [0, 0.05) is 17.0 Å². The molecule has 0 spiro atoms. The van der Waals surface area contributed by atoms with E-state index in [2.05, 4.69) is 24.3 Å². The lowest BCUT2D eigenvalue weighted by Gasteiger charge is -2.11. The van der Waals surface area contributed by atoms with Crippen molar-refractivity contribution in [1.29, 1.82) is 0 Å². The number of thiophene rings is 1. The van der Waals surface area contributed by atoms with Crippen LogP contribution in [0.1, 0.15) is 46.9 Å². The summed E-state index contributed by atoms with van der Waals surface area (Å²) in [5, 5.41) is 7.13. The predicted octanol–water partition coefficient (Wildman–Crippen LogP) is 3.65. The number of aromatic nitrogens is 2. The molecule has 0 saturated heterocycles. The molecule has 5 heteroatoms. The van der Waals surface area contributed by atoms with E-state index in [1.807, 2.05) is 26.0 Å². The maximum Gasteiger partial charge on any atom is 0.266 e. The zero-order chi connectivity index (χ0) is 14.0. The van der Waals surface area contributed by atoms with Crippen LogP contribution in [-0.4, -0.2) is 15.7 Å². The molecule has 0 aromatic carbocycles. The second-order valence-electron chi connectivity index (χ2n) is 4.75. The monoisotopic (exact) mass is 277 g/mol. The van der Waals surface area contributed by atoms with Crippen molar-refractivity contribution >= 4 is 23.1 Å². The van der Waals surface area contributed by atoms with Gasteiger partial charge >= 0.3 is 0 Å². The Balaban J connectivity index is 2.18. The molecule has 19 heavy (non-hydrogen) atoms. The second-order valence-corrected chi connectivity index (χ2v) is 6.01. The zero-order valence-corrected chi connectivity index (χ0v) is 12.5. The van der Waals surface area contributed by atoms with Crippen molar-refractivity contribution in [2.75, 3.05) is 5.32 Å². The highest BCUT2D eigenvalue weighted by atomic mass is 32.1. The normalized spacial score (nSPS) is 11.0. The summed E-state index contributed by atoms with van der Waals surface area (Å²) in [5.41, 5.74) is 1.24. The molecule has 0 atom stereocenters. The van der Waals surface area contributed by atoms with Crippen molar-refractivity contribution in [3.8, 4) is 0 Å². The van der Waals surface area contributed by atoms with Gasteiger partial charge in [0.25, 0.3) is 5.91 Å². The van der Waals surface area contributed by atoms with Gasteiger partial charge in [-0.25, -0.2) is 4.68 Å². The molecular weight excluding hydrogens is 258 g/mol. The van der Waals surface area contributed by atoms with Gasteiger partial charge in [-0.3, -0.25) is 4.79 Å². The van der Waals surface area contributed by atoms with Crippen LogP contribution in [0.2, 0.25) is 0 Å². The standard InChI is InChI=1S/C14H19N3OS/c1-5-11-8-12(19-10(11)4)14(18)16-13-6-7-15-17(13)9(2)3/h6-9H,5H2,1-4H3,(H,16,18). The second kappa shape index (κ2) is 5.57. The topological polar surface area (TPSA) is 46.9 Å². The first-order valence-electron chi connectivity index (χ1n) is 6.47. The summed E-state index contributed by atoms with van der Waals surface area (Å²) in [6.45, 7) is 8.23. The number of rotatable bonds is 4. The summed E-state index contributed by atoms with van der Waals surface area (Å²) in [6, 6.07) is 4.02. The first kappa shape index (κ1) is 13.8. The Morgan fingerprint density at radius 2 is 2.26 bits per heavy atom. The third-order valence-electron chi connectivity index (χ3n) is 3.03. The maximum atomic E-state index is 12.2. The van der Waals surface area contributed by atoms with Crippen molar-refractivity contribution in [2.45, 2.75) is 40.2 Å². The van der Waals surface area contributed by atoms with E-state index in [0.29, 0.717) is 0 Å². The summed E-state index contributed by atoms with van der Waals surface area (Å²) < 4.78 is 1.80. The molecule has 1 N–H and O–H groups in total. The van der Waals surface area contributed by atoms with Gasteiger partial charge in [-0.15, -0.1) is 11.3 Å². The van der Waals surface area contributed by atoms with Crippen molar-refractivity contribution < 1.29 is 4.79 Å². The molecule has 1 amide bonds. The lowest BCUT2D eigenvalue weighted by atomic mass is 10.2. The molecule has 0 aliphatic carbocycles. The number of carbonyl (C=O) groups excluding carboxylic acids is 1. The van der Waals surface area contributed by atoms with Gasteiger partial charge in [0.05, 0.1) is 11.1 Å². The van der Waals surface area contributed by atoms with Crippen LogP contribution in [0.15, 0.2) is 18.3 Å². The maximum absolute atomic E-state index is 12.2. The number of amides is 1. The molecule has 0 aliphatic rings. The summed E-state index contributed by atoms with van der Waals surface area (Å²) in [7, 11) is 0. The van der Waals surface area contributed by atoms with Gasteiger partial charge < -0.3 is 5.32 Å². The number of carbonyl (C=O) groups is 1. The Morgan fingerprint density at radius 1 is 1.53 bits per heavy atom. The van der Waals surface area contributed by atoms with Crippen LogP contribution >= 0.6 is 11.3 Å². The molecule has 0 fully saturated rings. The Kier molecular flexibility index (Phi) is 4.04. The van der Waals surface area contributed by atoms with Crippen LogP contribution in [0.3, 0.4) is 0 Å². The third-order valence-corrected chi connectivity index (χ3v) is 4.12. The SMILES string of the molecule is CCc1cc(C(=O)Nc2ccnn2C(C)C)sc1C. The molecule has 102 valence electrons. The molecule has 0 unspecified atom stereocenters. The molecule has 2 aromatic rings. The van der Waals surface area contributed by atoms with Gasteiger partial charge in [0.2, 0.25) is 0 Å². The first-order valence-corrected chi connectivity index (χ1v) is 7.28. The molecular formula is C14H19N3OS. The third kappa shape index (κ3) is 2.87. The lowest BCUT2D eigenvalue weighted by molar-refractivity contribution is 0.102. The van der Waals surface area contributed by atoms with E-state index in [9.17, 15) is 4.79 Å². The van der Waals surface area contributed by atoms with Crippen molar-refractivity contribution in [1.82, 2.24) is 9.78 Å². The number of hydrogen-bond donors (Lipinski definition) is 1. The van der Waals surface area contributed by atoms with Crippen molar-refractivity contribution in [3.63, 3.8) is 0 Å². The molecule has 0 saturated carbocycles. The quantitative estimate of drug-likeness (QED) is 0.927. The largest absolute Gasteiger partial charge is 0.306 e.